The Kier molecular flexibility index (Phi) is 9.41. The van der Waals surface area contributed by atoms with E-state index in [0.29, 0.717) is 94.8 Å². The fourth-order valence-electron chi connectivity index (χ4n) is 11.4. The summed E-state index contributed by atoms with van der Waals surface area (Å²) in [6, 6.07) is 14.5. The first-order valence-electron chi connectivity index (χ1n) is 23.6. The van der Waals surface area contributed by atoms with Gasteiger partial charge in [0, 0.05) is 55.0 Å². The fourth-order valence-corrected chi connectivity index (χ4v) is 11.4. The molecular weight excluding hydrogens is 871 g/mol. The van der Waals surface area contributed by atoms with Gasteiger partial charge in [0.05, 0.1) is 45.8 Å². The molecule has 1 saturated heterocycles. The lowest BCUT2D eigenvalue weighted by atomic mass is 9.83. The number of amides is 1. The second-order valence-electron chi connectivity index (χ2n) is 20.3. The van der Waals surface area contributed by atoms with E-state index in [9.17, 15) is 9.59 Å². The molecule has 4 atom stereocenters. The Balaban J connectivity index is 0.986. The van der Waals surface area contributed by atoms with Crippen LogP contribution in [0.3, 0.4) is 0 Å². The van der Waals surface area contributed by atoms with E-state index in [1.165, 1.54) is 21.5 Å². The number of nitrogens with zero attached hydrogens (tertiary/aromatic N) is 9. The molecule has 0 spiro atoms. The Bertz CT molecular complexity index is 3480. The minimum atomic E-state index is -0.857. The van der Waals surface area contributed by atoms with Crippen molar-refractivity contribution in [1.82, 2.24) is 48.3 Å². The third-order valence-corrected chi connectivity index (χ3v) is 15.2. The van der Waals surface area contributed by atoms with Gasteiger partial charge in [0.25, 0.3) is 5.91 Å². The van der Waals surface area contributed by atoms with Crippen LogP contribution in [0.1, 0.15) is 116 Å². The summed E-state index contributed by atoms with van der Waals surface area (Å²) in [7, 11) is 0. The second-order valence-corrected chi connectivity index (χ2v) is 20.3. The Hall–Kier alpha value is -6.88. The molecule has 1 N–H and O–H groups in total. The molecule has 2 aliphatic carbocycles. The fraction of sp³-hybridized carbons (Fsp3) is 0.412. The Morgan fingerprint density at radius 1 is 0.926 bits per heavy atom. The number of carbonyl (C=O) groups excluding carboxylic acids is 1. The molecule has 2 saturated carbocycles. The molecule has 5 aromatic heterocycles. The summed E-state index contributed by atoms with van der Waals surface area (Å²) < 4.78 is 51.0. The first-order valence-corrected chi connectivity index (χ1v) is 23.6. The van der Waals surface area contributed by atoms with Crippen molar-refractivity contribution < 1.29 is 22.8 Å². The number of carbonyl (C=O) groups is 1. The van der Waals surface area contributed by atoms with E-state index in [-0.39, 0.29) is 34.8 Å². The molecule has 2 aliphatic heterocycles. The number of nitrogens with one attached hydrogen (secondary N) is 1. The molecule has 0 unspecified atom stereocenters. The van der Waals surface area contributed by atoms with Crippen LogP contribution in [0, 0.1) is 37.3 Å². The van der Waals surface area contributed by atoms with Crippen LogP contribution in [0.5, 0.6) is 0 Å². The summed E-state index contributed by atoms with van der Waals surface area (Å²) in [6.07, 6.45) is 9.57. The lowest BCUT2D eigenvalue weighted by molar-refractivity contribution is -0.0592. The van der Waals surface area contributed by atoms with Crippen LogP contribution in [0.25, 0.3) is 39.0 Å². The number of aromatic amines is 1. The van der Waals surface area contributed by atoms with Gasteiger partial charge in [-0.05, 0) is 144 Å². The smallest absolute Gasteiger partial charge is 0.376 e. The maximum atomic E-state index is 16.5. The van der Waals surface area contributed by atoms with Crippen LogP contribution in [0.2, 0.25) is 0 Å². The van der Waals surface area contributed by atoms with E-state index in [0.717, 1.165) is 42.1 Å². The van der Waals surface area contributed by atoms with Gasteiger partial charge in [-0.25, -0.2) is 23.1 Å². The number of aromatic nitrogens is 9. The van der Waals surface area contributed by atoms with Crippen molar-refractivity contribution in [1.29, 1.82) is 0 Å². The molecule has 3 aromatic carbocycles. The van der Waals surface area contributed by atoms with Crippen LogP contribution < -0.4 is 11.4 Å². The predicted octanol–water partition coefficient (Wildman–Crippen LogP) is 8.32. The van der Waals surface area contributed by atoms with Gasteiger partial charge in [-0.3, -0.25) is 28.1 Å². The number of fused-ring (bicyclic) bond motifs is 3. The molecule has 0 radical (unpaired) electrons. The van der Waals surface area contributed by atoms with Gasteiger partial charge in [0.2, 0.25) is 0 Å². The molecular formula is C51H52F2N10O5. The molecule has 7 heterocycles. The van der Waals surface area contributed by atoms with Gasteiger partial charge >= 0.3 is 11.4 Å². The van der Waals surface area contributed by atoms with Crippen molar-refractivity contribution in [2.75, 3.05) is 13.2 Å². The zero-order valence-electron chi connectivity index (χ0n) is 38.8. The minimum Gasteiger partial charge on any atom is -0.376 e. The van der Waals surface area contributed by atoms with Crippen molar-refractivity contribution in [2.24, 2.45) is 11.8 Å². The van der Waals surface area contributed by atoms with E-state index < -0.39 is 28.8 Å². The Morgan fingerprint density at radius 3 is 2.38 bits per heavy atom. The molecule has 1 amide bonds. The first-order chi connectivity index (χ1) is 32.6. The Morgan fingerprint density at radius 2 is 1.68 bits per heavy atom. The number of halogens is 2. The SMILES string of the molecule is Cc1cc(-n2nc3c(c2-n2ccn(-c4ccc5c(cnn5CC5CC5)c4F)c2=O)[C@H](C)N(C(=O)c2cc4cc([C@@H]5CCOC(C)(C)C5)ccc4n2[C@@]2(c4noc(=O)[nH]4)C[C@@H]2C)CC3)cc(C)c1F. The number of rotatable bonds is 9. The van der Waals surface area contributed by atoms with Crippen LogP contribution in [0.15, 0.2) is 81.2 Å². The Labute approximate surface area is 388 Å². The highest BCUT2D eigenvalue weighted by molar-refractivity contribution is 6.00. The third kappa shape index (κ3) is 6.51. The summed E-state index contributed by atoms with van der Waals surface area (Å²) in [4.78, 5) is 47.5. The van der Waals surface area contributed by atoms with Crippen LogP contribution in [-0.4, -0.2) is 73.0 Å². The van der Waals surface area contributed by atoms with E-state index >= 15 is 13.6 Å². The van der Waals surface area contributed by atoms with Crippen molar-refractivity contribution in [2.45, 2.75) is 110 Å². The predicted molar refractivity (Wildman–Crippen MR) is 249 cm³/mol. The van der Waals surface area contributed by atoms with Gasteiger partial charge in [-0.15, -0.1) is 0 Å². The van der Waals surface area contributed by atoms with E-state index in [1.807, 2.05) is 22.2 Å². The highest BCUT2D eigenvalue weighted by Crippen LogP contribution is 2.56. The molecule has 0 bridgehead atoms. The largest absolute Gasteiger partial charge is 0.438 e. The highest BCUT2D eigenvalue weighted by Gasteiger charge is 2.59. The molecule has 3 fully saturated rings. The zero-order valence-corrected chi connectivity index (χ0v) is 38.8. The van der Waals surface area contributed by atoms with Crippen LogP contribution in [0.4, 0.5) is 8.78 Å². The molecule has 8 aromatic rings. The van der Waals surface area contributed by atoms with Gasteiger partial charge < -0.3 is 14.2 Å². The van der Waals surface area contributed by atoms with Crippen LogP contribution >= 0.6 is 0 Å². The molecule has 68 heavy (non-hydrogen) atoms. The molecule has 350 valence electrons. The van der Waals surface area contributed by atoms with Crippen molar-refractivity contribution in [3.05, 3.63) is 139 Å². The summed E-state index contributed by atoms with van der Waals surface area (Å²) in [5.41, 5.74) is 4.10. The summed E-state index contributed by atoms with van der Waals surface area (Å²) in [6.45, 7) is 13.3. The van der Waals surface area contributed by atoms with Gasteiger partial charge in [-0.1, -0.05) is 18.1 Å². The lowest BCUT2D eigenvalue weighted by Crippen LogP contribution is -2.41. The van der Waals surface area contributed by atoms with E-state index in [2.05, 4.69) is 54.2 Å². The summed E-state index contributed by atoms with van der Waals surface area (Å²) >= 11 is 0. The van der Waals surface area contributed by atoms with Crippen molar-refractivity contribution in [3.63, 3.8) is 0 Å². The molecule has 17 heteroatoms. The average molecular weight is 923 g/mol. The standard InChI is InChI=1S/C51H52F2N10O5/c1-27-19-35(20-28(2)43(27)52)63-45(60-17-16-59(49(60)66)40-12-11-39-36(44(40)53)25-54-61(39)26-31-7-8-31)42-30(4)58(15-13-37(42)56-63)46(64)41-22-34-21-32(33-14-18-67-50(5,6)24-33)9-10-38(34)62(41)51(23-29(51)3)47-55-48(65)68-57-47/h9-12,16-17,19-22,25,29-31,33H,7-8,13-15,18,23-24,26H2,1-6H3,(H,55,57,65)/t29-,30-,33+,51-/m0/s1. The third-order valence-electron chi connectivity index (χ3n) is 15.2. The quantitative estimate of drug-likeness (QED) is 0.152. The number of aryl methyl sites for hydroxylation is 2. The number of hydrogen-bond donors (Lipinski definition) is 1. The average Bonchev–Trinajstić information content (AvgIpc) is 3.80. The zero-order chi connectivity index (χ0) is 47.1. The number of imidazole rings is 1. The number of ether oxygens (including phenoxy) is 1. The maximum Gasteiger partial charge on any atom is 0.438 e. The minimum absolute atomic E-state index is 0.000380. The molecule has 15 nitrogen and oxygen atoms in total. The topological polar surface area (TPSA) is 156 Å². The van der Waals surface area contributed by atoms with Crippen LogP contribution in [-0.2, 0) is 23.2 Å². The van der Waals surface area contributed by atoms with Gasteiger partial charge in [0.1, 0.15) is 22.9 Å². The first kappa shape index (κ1) is 42.5. The number of benzene rings is 3. The van der Waals surface area contributed by atoms with E-state index in [1.54, 1.807) is 53.9 Å². The second kappa shape index (κ2) is 15.1. The van der Waals surface area contributed by atoms with Crippen molar-refractivity contribution in [3.8, 4) is 17.2 Å². The van der Waals surface area contributed by atoms with E-state index in [4.69, 9.17) is 14.4 Å². The van der Waals surface area contributed by atoms with Crippen molar-refractivity contribution >= 4 is 27.7 Å². The highest BCUT2D eigenvalue weighted by atomic mass is 19.1. The normalized spacial score (nSPS) is 22.4. The molecule has 12 rings (SSSR count). The van der Waals surface area contributed by atoms with Gasteiger partial charge in [-0.2, -0.15) is 10.2 Å². The number of hydrogen-bond acceptors (Lipinski definition) is 8. The maximum absolute atomic E-state index is 16.5. The number of H-pyrrole nitrogens is 1. The summed E-state index contributed by atoms with van der Waals surface area (Å²) in [5.74, 6) is -0.326. The summed E-state index contributed by atoms with van der Waals surface area (Å²) in [5, 5.41) is 15.0. The molecule has 4 aliphatic rings. The van der Waals surface area contributed by atoms with Gasteiger partial charge in [0.15, 0.2) is 11.6 Å². The lowest BCUT2D eigenvalue weighted by Gasteiger charge is -2.35. The monoisotopic (exact) mass is 922 g/mol.